The van der Waals surface area contributed by atoms with Gasteiger partial charge in [0, 0.05) is 6.42 Å². The maximum Gasteiger partial charge on any atom is 0.151 e. The van der Waals surface area contributed by atoms with Crippen LogP contribution in [0.2, 0.25) is 0 Å². The summed E-state index contributed by atoms with van der Waals surface area (Å²) >= 11 is 0. The fourth-order valence-electron chi connectivity index (χ4n) is 1.91. The van der Waals surface area contributed by atoms with Crippen molar-refractivity contribution in [1.29, 1.82) is 0 Å². The van der Waals surface area contributed by atoms with Crippen molar-refractivity contribution in [1.82, 2.24) is 0 Å². The maximum absolute atomic E-state index is 12.1. The molecule has 0 saturated heterocycles. The van der Waals surface area contributed by atoms with Crippen molar-refractivity contribution < 1.29 is 9.59 Å². The molecule has 2 nitrogen and oxygen atoms in total. The summed E-state index contributed by atoms with van der Waals surface area (Å²) in [6.07, 6.45) is 1.01. The minimum absolute atomic E-state index is 0.0672. The molecule has 0 unspecified atom stereocenters. The number of ketones is 1. The van der Waals surface area contributed by atoms with E-state index in [1.54, 1.807) is 0 Å². The van der Waals surface area contributed by atoms with Gasteiger partial charge in [-0.15, -0.1) is 0 Å². The molecule has 2 aromatic carbocycles. The summed E-state index contributed by atoms with van der Waals surface area (Å²) < 4.78 is 0. The van der Waals surface area contributed by atoms with Gasteiger partial charge in [-0.3, -0.25) is 4.79 Å². The molecule has 90 valence electrons. The van der Waals surface area contributed by atoms with E-state index >= 15 is 0 Å². The first-order chi connectivity index (χ1) is 8.81. The topological polar surface area (TPSA) is 34.1 Å². The van der Waals surface area contributed by atoms with Gasteiger partial charge >= 0.3 is 0 Å². The number of benzene rings is 2. The molecule has 0 aliphatic carbocycles. The predicted molar refractivity (Wildman–Crippen MR) is 70.4 cm³/mol. The number of Topliss-reactive ketones (excluding diaryl/α,β-unsaturated/α-hetero) is 1. The van der Waals surface area contributed by atoms with E-state index in [0.29, 0.717) is 6.42 Å². The molecular weight excluding hydrogens is 224 g/mol. The number of carbonyl (C=O) groups is 2. The van der Waals surface area contributed by atoms with Gasteiger partial charge in [0.1, 0.15) is 6.29 Å². The molecular formula is C16H14O2. The minimum Gasteiger partial charge on any atom is -0.302 e. The Kier molecular flexibility index (Phi) is 4.02. The van der Waals surface area contributed by atoms with Crippen molar-refractivity contribution in [2.45, 2.75) is 12.3 Å². The number of carbonyl (C=O) groups excluding carboxylic acids is 2. The second kappa shape index (κ2) is 5.92. The van der Waals surface area contributed by atoms with Crippen molar-refractivity contribution in [2.75, 3.05) is 0 Å². The summed E-state index contributed by atoms with van der Waals surface area (Å²) in [6.45, 7) is 0. The highest BCUT2D eigenvalue weighted by atomic mass is 16.1. The molecule has 0 N–H and O–H groups in total. The van der Waals surface area contributed by atoms with Crippen molar-refractivity contribution >= 4 is 12.1 Å². The lowest BCUT2D eigenvalue weighted by atomic mass is 9.92. The number of hydrogen-bond acceptors (Lipinski definition) is 2. The Morgan fingerprint density at radius 1 is 0.944 bits per heavy atom. The Morgan fingerprint density at radius 3 is 2.06 bits per heavy atom. The molecule has 0 spiro atoms. The molecule has 0 bridgehead atoms. The minimum atomic E-state index is -0.661. The molecule has 0 aliphatic rings. The van der Waals surface area contributed by atoms with Gasteiger partial charge in [0.15, 0.2) is 5.78 Å². The van der Waals surface area contributed by atoms with E-state index in [-0.39, 0.29) is 5.78 Å². The largest absolute Gasteiger partial charge is 0.302 e. The van der Waals surface area contributed by atoms with E-state index in [1.165, 1.54) is 0 Å². The molecule has 0 saturated carbocycles. The molecule has 0 amide bonds. The Balaban J connectivity index is 2.14. The fourth-order valence-corrected chi connectivity index (χ4v) is 1.91. The second-order valence-corrected chi connectivity index (χ2v) is 4.15. The number of hydrogen-bond donors (Lipinski definition) is 0. The van der Waals surface area contributed by atoms with Crippen LogP contribution >= 0.6 is 0 Å². The van der Waals surface area contributed by atoms with E-state index in [2.05, 4.69) is 0 Å². The average molecular weight is 238 g/mol. The highest BCUT2D eigenvalue weighted by Crippen LogP contribution is 2.16. The molecule has 0 aromatic heterocycles. The van der Waals surface area contributed by atoms with E-state index in [1.807, 2.05) is 60.7 Å². The molecule has 2 heteroatoms. The van der Waals surface area contributed by atoms with Gasteiger partial charge in [-0.1, -0.05) is 60.7 Å². The van der Waals surface area contributed by atoms with Crippen molar-refractivity contribution in [3.8, 4) is 0 Å². The third-order valence-electron chi connectivity index (χ3n) is 2.86. The Labute approximate surface area is 106 Å². The van der Waals surface area contributed by atoms with Crippen molar-refractivity contribution in [3.05, 3.63) is 71.8 Å². The van der Waals surface area contributed by atoms with Crippen molar-refractivity contribution in [2.24, 2.45) is 0 Å². The molecule has 0 heterocycles. The third-order valence-corrected chi connectivity index (χ3v) is 2.86. The van der Waals surface area contributed by atoms with E-state index < -0.39 is 5.92 Å². The van der Waals surface area contributed by atoms with Crippen LogP contribution in [0.25, 0.3) is 0 Å². The van der Waals surface area contributed by atoms with Gasteiger partial charge in [0.25, 0.3) is 0 Å². The zero-order chi connectivity index (χ0) is 12.8. The van der Waals surface area contributed by atoms with Gasteiger partial charge < -0.3 is 4.79 Å². The van der Waals surface area contributed by atoms with Crippen LogP contribution in [0.4, 0.5) is 0 Å². The lowest BCUT2D eigenvalue weighted by Gasteiger charge is -2.09. The summed E-state index contributed by atoms with van der Waals surface area (Å²) in [5, 5.41) is 0. The van der Waals surface area contributed by atoms with Gasteiger partial charge in [0.2, 0.25) is 0 Å². The predicted octanol–water partition coefficient (Wildman–Crippen LogP) is 2.78. The van der Waals surface area contributed by atoms with Crippen LogP contribution in [0.15, 0.2) is 60.7 Å². The molecule has 0 aliphatic heterocycles. The highest BCUT2D eigenvalue weighted by molar-refractivity contribution is 5.99. The van der Waals surface area contributed by atoms with Gasteiger partial charge in [0.05, 0.1) is 5.92 Å². The molecule has 2 rings (SSSR count). The van der Waals surface area contributed by atoms with Crippen LogP contribution in [-0.4, -0.2) is 12.1 Å². The van der Waals surface area contributed by atoms with E-state index in [0.717, 1.165) is 17.4 Å². The molecule has 0 radical (unpaired) electrons. The summed E-state index contributed by atoms with van der Waals surface area (Å²) in [6, 6.07) is 18.6. The molecule has 2 aromatic rings. The fraction of sp³-hybridized carbons (Fsp3) is 0.125. The first kappa shape index (κ1) is 12.2. The van der Waals surface area contributed by atoms with E-state index in [9.17, 15) is 9.59 Å². The Bertz CT molecular complexity index is 517. The number of aldehydes is 1. The Hall–Kier alpha value is -2.22. The first-order valence-corrected chi connectivity index (χ1v) is 5.88. The summed E-state index contributed by atoms with van der Waals surface area (Å²) in [5.41, 5.74) is 1.69. The molecule has 1 atom stereocenters. The normalized spacial score (nSPS) is 11.8. The molecule has 0 fully saturated rings. The first-order valence-electron chi connectivity index (χ1n) is 5.88. The van der Waals surface area contributed by atoms with Crippen LogP contribution in [0, 0.1) is 0 Å². The zero-order valence-corrected chi connectivity index (χ0v) is 9.95. The quantitative estimate of drug-likeness (QED) is 0.593. The second-order valence-electron chi connectivity index (χ2n) is 4.15. The smallest absolute Gasteiger partial charge is 0.151 e. The summed E-state index contributed by atoms with van der Waals surface area (Å²) in [4.78, 5) is 23.2. The summed E-state index contributed by atoms with van der Waals surface area (Å²) in [5.74, 6) is -0.728. The highest BCUT2D eigenvalue weighted by Gasteiger charge is 2.19. The molecule has 18 heavy (non-hydrogen) atoms. The van der Waals surface area contributed by atoms with E-state index in [4.69, 9.17) is 0 Å². The zero-order valence-electron chi connectivity index (χ0n) is 9.95. The lowest BCUT2D eigenvalue weighted by Crippen LogP contribution is -2.16. The van der Waals surface area contributed by atoms with Crippen LogP contribution < -0.4 is 0 Å². The van der Waals surface area contributed by atoms with Crippen molar-refractivity contribution in [3.63, 3.8) is 0 Å². The van der Waals surface area contributed by atoms with Gasteiger partial charge in [-0.2, -0.15) is 0 Å². The van der Waals surface area contributed by atoms with Crippen LogP contribution in [-0.2, 0) is 16.0 Å². The van der Waals surface area contributed by atoms with Gasteiger partial charge in [-0.25, -0.2) is 0 Å². The van der Waals surface area contributed by atoms with Crippen LogP contribution in [0.3, 0.4) is 0 Å². The average Bonchev–Trinajstić information content (AvgIpc) is 2.42. The summed E-state index contributed by atoms with van der Waals surface area (Å²) in [7, 11) is 0. The SMILES string of the molecule is O=C[C@@H](C(=O)Cc1ccccc1)c1ccccc1. The standard InChI is InChI=1S/C16H14O2/c17-12-15(14-9-5-2-6-10-14)16(18)11-13-7-3-1-4-8-13/h1-10,12,15H,11H2/t15-/m1/s1. The number of rotatable bonds is 5. The van der Waals surface area contributed by atoms with Crippen LogP contribution in [0.1, 0.15) is 17.0 Å². The monoisotopic (exact) mass is 238 g/mol. The van der Waals surface area contributed by atoms with Crippen LogP contribution in [0.5, 0.6) is 0 Å². The lowest BCUT2D eigenvalue weighted by molar-refractivity contribution is -0.123. The Morgan fingerprint density at radius 2 is 1.50 bits per heavy atom. The third kappa shape index (κ3) is 2.92. The maximum atomic E-state index is 12.1. The van der Waals surface area contributed by atoms with Gasteiger partial charge in [-0.05, 0) is 11.1 Å².